The second kappa shape index (κ2) is 7.67. The monoisotopic (exact) mass is 298 g/mol. The first kappa shape index (κ1) is 15.4. The van der Waals surface area contributed by atoms with Crippen molar-refractivity contribution in [2.24, 2.45) is 5.92 Å². The van der Waals surface area contributed by atoms with Crippen LogP contribution >= 0.6 is 23.1 Å². The second-order valence-electron chi connectivity index (χ2n) is 5.80. The van der Waals surface area contributed by atoms with Crippen LogP contribution in [0, 0.1) is 5.92 Å². The van der Waals surface area contributed by atoms with Gasteiger partial charge in [0.25, 0.3) is 0 Å². The van der Waals surface area contributed by atoms with Gasteiger partial charge in [0, 0.05) is 34.6 Å². The fraction of sp³-hybridized carbons (Fsp3) is 0.733. The van der Waals surface area contributed by atoms with Crippen molar-refractivity contribution >= 4 is 23.1 Å². The molecular weight excluding hydrogens is 272 g/mol. The largest absolute Gasteiger partial charge is 0.315 e. The van der Waals surface area contributed by atoms with Crippen molar-refractivity contribution < 1.29 is 0 Å². The number of hydrogen-bond donors (Lipinski definition) is 2. The quantitative estimate of drug-likeness (QED) is 0.808. The van der Waals surface area contributed by atoms with Gasteiger partial charge in [-0.05, 0) is 43.2 Å². The van der Waals surface area contributed by atoms with E-state index < -0.39 is 0 Å². The highest BCUT2D eigenvalue weighted by Crippen LogP contribution is 2.31. The summed E-state index contributed by atoms with van der Waals surface area (Å²) in [5, 5.41) is 7.13. The van der Waals surface area contributed by atoms with E-state index in [0.29, 0.717) is 6.04 Å². The van der Waals surface area contributed by atoms with E-state index >= 15 is 0 Å². The first-order valence-electron chi connectivity index (χ1n) is 7.27. The van der Waals surface area contributed by atoms with Crippen LogP contribution in [0.25, 0.3) is 0 Å². The topological polar surface area (TPSA) is 24.1 Å². The van der Waals surface area contributed by atoms with Crippen molar-refractivity contribution in [1.29, 1.82) is 0 Å². The average molecular weight is 299 g/mol. The molecule has 4 heteroatoms. The highest BCUT2D eigenvalue weighted by molar-refractivity contribution is 7.98. The van der Waals surface area contributed by atoms with Gasteiger partial charge in [0.05, 0.1) is 0 Å². The van der Waals surface area contributed by atoms with Gasteiger partial charge in [0.1, 0.15) is 0 Å². The highest BCUT2D eigenvalue weighted by Gasteiger charge is 2.13. The van der Waals surface area contributed by atoms with Gasteiger partial charge in [-0.25, -0.2) is 0 Å². The van der Waals surface area contributed by atoms with Crippen LogP contribution in [-0.2, 0) is 18.7 Å². The van der Waals surface area contributed by atoms with Crippen molar-refractivity contribution in [1.82, 2.24) is 10.6 Å². The van der Waals surface area contributed by atoms with Crippen molar-refractivity contribution in [2.45, 2.75) is 45.5 Å². The summed E-state index contributed by atoms with van der Waals surface area (Å²) in [4.78, 5) is 3.13. The molecule has 1 aromatic heterocycles. The maximum absolute atomic E-state index is 3.62. The standard InChI is InChI=1S/C15H26N2S2/c1-11(2)7-16-8-12(3)17-9-14-6-13-10-18-5-4-15(13)19-14/h6,11-12,16-17H,4-5,7-10H2,1-3H3. The molecule has 2 N–H and O–H groups in total. The Kier molecular flexibility index (Phi) is 6.20. The Morgan fingerprint density at radius 1 is 1.26 bits per heavy atom. The molecule has 0 saturated heterocycles. The summed E-state index contributed by atoms with van der Waals surface area (Å²) in [6.07, 6.45) is 1.27. The van der Waals surface area contributed by atoms with Gasteiger partial charge in [0.2, 0.25) is 0 Å². The molecule has 1 atom stereocenters. The van der Waals surface area contributed by atoms with Crippen LogP contribution in [-0.4, -0.2) is 24.9 Å². The van der Waals surface area contributed by atoms with E-state index in [9.17, 15) is 0 Å². The van der Waals surface area contributed by atoms with Crippen LogP contribution in [0.15, 0.2) is 6.07 Å². The molecule has 0 saturated carbocycles. The maximum atomic E-state index is 3.62. The Morgan fingerprint density at radius 3 is 2.84 bits per heavy atom. The zero-order valence-electron chi connectivity index (χ0n) is 12.3. The zero-order valence-corrected chi connectivity index (χ0v) is 13.9. The molecule has 1 aliphatic heterocycles. The predicted molar refractivity (Wildman–Crippen MR) is 88.2 cm³/mol. The van der Waals surface area contributed by atoms with E-state index in [1.165, 1.54) is 22.8 Å². The summed E-state index contributed by atoms with van der Waals surface area (Å²) >= 11 is 4.08. The Hall–Kier alpha value is -0.0300. The SMILES string of the molecule is CC(C)CNCC(C)NCc1cc2c(s1)CCSC2. The lowest BCUT2D eigenvalue weighted by molar-refractivity contribution is 0.473. The molecule has 0 bridgehead atoms. The minimum absolute atomic E-state index is 0.534. The number of hydrogen-bond acceptors (Lipinski definition) is 4. The van der Waals surface area contributed by atoms with Crippen LogP contribution < -0.4 is 10.6 Å². The van der Waals surface area contributed by atoms with E-state index in [1.54, 1.807) is 10.4 Å². The molecule has 0 radical (unpaired) electrons. The molecule has 1 aliphatic rings. The minimum atomic E-state index is 0.534. The Morgan fingerprint density at radius 2 is 2.11 bits per heavy atom. The van der Waals surface area contributed by atoms with E-state index in [4.69, 9.17) is 0 Å². The summed E-state index contributed by atoms with van der Waals surface area (Å²) in [5.41, 5.74) is 1.59. The molecule has 0 aromatic carbocycles. The summed E-state index contributed by atoms with van der Waals surface area (Å²) in [7, 11) is 0. The third-order valence-electron chi connectivity index (χ3n) is 3.31. The Bertz CT molecular complexity index is 364. The van der Waals surface area contributed by atoms with Crippen molar-refractivity contribution in [3.05, 3.63) is 21.4 Å². The number of thiophene rings is 1. The van der Waals surface area contributed by atoms with Gasteiger partial charge < -0.3 is 10.6 Å². The van der Waals surface area contributed by atoms with Gasteiger partial charge in [-0.15, -0.1) is 11.3 Å². The summed E-state index contributed by atoms with van der Waals surface area (Å²) < 4.78 is 0. The Balaban J connectivity index is 1.71. The minimum Gasteiger partial charge on any atom is -0.315 e. The van der Waals surface area contributed by atoms with Crippen LogP contribution in [0.4, 0.5) is 0 Å². The van der Waals surface area contributed by atoms with Crippen LogP contribution in [0.2, 0.25) is 0 Å². The second-order valence-corrected chi connectivity index (χ2v) is 8.12. The number of nitrogens with one attached hydrogen (secondary N) is 2. The van der Waals surface area contributed by atoms with Crippen LogP contribution in [0.5, 0.6) is 0 Å². The lowest BCUT2D eigenvalue weighted by Crippen LogP contribution is -2.37. The van der Waals surface area contributed by atoms with Crippen molar-refractivity contribution in [3.8, 4) is 0 Å². The van der Waals surface area contributed by atoms with Gasteiger partial charge in [-0.2, -0.15) is 11.8 Å². The van der Waals surface area contributed by atoms with Gasteiger partial charge >= 0.3 is 0 Å². The molecule has 1 unspecified atom stereocenters. The normalized spacial score (nSPS) is 16.6. The van der Waals surface area contributed by atoms with Crippen molar-refractivity contribution in [2.75, 3.05) is 18.8 Å². The van der Waals surface area contributed by atoms with Crippen LogP contribution in [0.1, 0.15) is 36.1 Å². The van der Waals surface area contributed by atoms with Gasteiger partial charge in [-0.1, -0.05) is 13.8 Å². The van der Waals surface area contributed by atoms with E-state index in [0.717, 1.165) is 25.6 Å². The number of rotatable bonds is 7. The average Bonchev–Trinajstić information content (AvgIpc) is 2.78. The van der Waals surface area contributed by atoms with Crippen LogP contribution in [0.3, 0.4) is 0 Å². The number of fused-ring (bicyclic) bond motifs is 1. The molecule has 19 heavy (non-hydrogen) atoms. The fourth-order valence-corrected chi connectivity index (χ4v) is 4.56. The van der Waals surface area contributed by atoms with E-state index in [-0.39, 0.29) is 0 Å². The first-order valence-corrected chi connectivity index (χ1v) is 9.24. The lowest BCUT2D eigenvalue weighted by atomic mass is 10.2. The smallest absolute Gasteiger partial charge is 0.0302 e. The molecule has 2 nitrogen and oxygen atoms in total. The van der Waals surface area contributed by atoms with Gasteiger partial charge in [-0.3, -0.25) is 0 Å². The molecule has 108 valence electrons. The molecule has 2 heterocycles. The lowest BCUT2D eigenvalue weighted by Gasteiger charge is -2.15. The summed E-state index contributed by atoms with van der Waals surface area (Å²) in [6, 6.07) is 2.94. The van der Waals surface area contributed by atoms with E-state index in [1.807, 2.05) is 11.3 Å². The Labute approximate surface area is 125 Å². The summed E-state index contributed by atoms with van der Waals surface area (Å²) in [5.74, 6) is 3.25. The number of thioether (sulfide) groups is 1. The third kappa shape index (κ3) is 5.10. The molecule has 1 aromatic rings. The molecular formula is C15H26N2S2. The van der Waals surface area contributed by atoms with E-state index in [2.05, 4.69) is 49.2 Å². The molecule has 0 fully saturated rings. The molecule has 0 spiro atoms. The molecule has 0 aliphatic carbocycles. The van der Waals surface area contributed by atoms with Crippen molar-refractivity contribution in [3.63, 3.8) is 0 Å². The predicted octanol–water partition coefficient (Wildman–Crippen LogP) is 3.26. The zero-order chi connectivity index (χ0) is 13.7. The summed E-state index contributed by atoms with van der Waals surface area (Å²) in [6.45, 7) is 9.94. The molecule has 0 amide bonds. The fourth-order valence-electron chi connectivity index (χ4n) is 2.23. The highest BCUT2D eigenvalue weighted by atomic mass is 32.2. The third-order valence-corrected chi connectivity index (χ3v) is 5.55. The molecule has 2 rings (SSSR count). The first-order chi connectivity index (χ1) is 9.15. The maximum Gasteiger partial charge on any atom is 0.0302 e. The van der Waals surface area contributed by atoms with Gasteiger partial charge in [0.15, 0.2) is 0 Å². The number of aryl methyl sites for hydroxylation is 1.